The van der Waals surface area contributed by atoms with E-state index in [1.165, 1.54) is 0 Å². The average molecular weight is 434 g/mol. The van der Waals surface area contributed by atoms with Gasteiger partial charge in [0, 0.05) is 16.3 Å². The summed E-state index contributed by atoms with van der Waals surface area (Å²) >= 11 is 13.0. The molecule has 1 N–H and O–H groups in total. The normalized spacial score (nSPS) is 14.8. The van der Waals surface area contributed by atoms with E-state index in [9.17, 15) is 9.18 Å². The zero-order valence-corrected chi connectivity index (χ0v) is 14.5. The number of hydrogen-bond donors (Lipinski definition) is 1. The molecule has 0 bridgehead atoms. The number of anilines is 1. The molecule has 1 atom stereocenters. The second-order valence-electron chi connectivity index (χ2n) is 4.76. The SMILES string of the molecule is O=C1Cc2cc(C(Br)c3cccc(Br)c3F)c(Cl)cc2N1. The fraction of sp³-hybridized carbons (Fsp3) is 0.133. The van der Waals surface area contributed by atoms with Crippen LogP contribution < -0.4 is 5.32 Å². The van der Waals surface area contributed by atoms with E-state index < -0.39 is 0 Å². The first-order valence-electron chi connectivity index (χ1n) is 6.17. The molecule has 3 rings (SSSR count). The minimum Gasteiger partial charge on any atom is -0.325 e. The second kappa shape index (κ2) is 5.71. The molecule has 0 spiro atoms. The first-order chi connectivity index (χ1) is 9.97. The first kappa shape index (κ1) is 15.0. The van der Waals surface area contributed by atoms with Crippen molar-refractivity contribution in [2.45, 2.75) is 11.2 Å². The van der Waals surface area contributed by atoms with Crippen molar-refractivity contribution in [1.82, 2.24) is 0 Å². The van der Waals surface area contributed by atoms with E-state index >= 15 is 0 Å². The number of carbonyl (C=O) groups excluding carboxylic acids is 1. The molecule has 0 aromatic heterocycles. The minimum absolute atomic E-state index is 0.0574. The van der Waals surface area contributed by atoms with Crippen LogP contribution in [-0.4, -0.2) is 5.91 Å². The topological polar surface area (TPSA) is 29.1 Å². The van der Waals surface area contributed by atoms with Crippen LogP contribution in [0.3, 0.4) is 0 Å². The number of alkyl halides is 1. The van der Waals surface area contributed by atoms with Gasteiger partial charge in [-0.1, -0.05) is 45.7 Å². The van der Waals surface area contributed by atoms with E-state index in [0.717, 1.165) is 16.8 Å². The molecule has 0 saturated carbocycles. The standard InChI is InChI=1S/C15H9Br2ClFNO/c16-10-3-1-2-8(15(10)19)14(17)9-4-7-5-13(21)20-12(7)6-11(9)18/h1-4,6,14H,5H2,(H,20,21). The van der Waals surface area contributed by atoms with E-state index in [1.807, 2.05) is 6.07 Å². The van der Waals surface area contributed by atoms with E-state index in [-0.39, 0.29) is 16.6 Å². The predicted molar refractivity (Wildman–Crippen MR) is 88.7 cm³/mol. The molecule has 1 heterocycles. The van der Waals surface area contributed by atoms with Crippen molar-refractivity contribution in [2.75, 3.05) is 5.32 Å². The number of benzene rings is 2. The van der Waals surface area contributed by atoms with Crippen LogP contribution in [0.5, 0.6) is 0 Å². The smallest absolute Gasteiger partial charge is 0.228 e. The molecule has 2 aromatic rings. The summed E-state index contributed by atoms with van der Waals surface area (Å²) in [6, 6.07) is 8.66. The molecule has 108 valence electrons. The summed E-state index contributed by atoms with van der Waals surface area (Å²) in [7, 11) is 0. The summed E-state index contributed by atoms with van der Waals surface area (Å²) in [5, 5.41) is 3.23. The Morgan fingerprint density at radius 1 is 1.29 bits per heavy atom. The number of carbonyl (C=O) groups is 1. The number of amides is 1. The highest BCUT2D eigenvalue weighted by Gasteiger charge is 2.24. The highest BCUT2D eigenvalue weighted by molar-refractivity contribution is 9.10. The lowest BCUT2D eigenvalue weighted by atomic mass is 10.0. The second-order valence-corrected chi connectivity index (χ2v) is 6.94. The van der Waals surface area contributed by atoms with Crippen LogP contribution in [0.25, 0.3) is 0 Å². The van der Waals surface area contributed by atoms with Crippen LogP contribution >= 0.6 is 43.5 Å². The van der Waals surface area contributed by atoms with Crippen LogP contribution in [0.15, 0.2) is 34.8 Å². The third-order valence-corrected chi connectivity index (χ3v) is 5.30. The first-order valence-corrected chi connectivity index (χ1v) is 8.26. The van der Waals surface area contributed by atoms with E-state index in [0.29, 0.717) is 21.5 Å². The molecule has 1 amide bonds. The van der Waals surface area contributed by atoms with Crippen molar-refractivity contribution in [3.63, 3.8) is 0 Å². The zero-order chi connectivity index (χ0) is 15.1. The molecule has 0 aliphatic carbocycles. The maximum atomic E-state index is 14.2. The van der Waals surface area contributed by atoms with Crippen LogP contribution in [-0.2, 0) is 11.2 Å². The summed E-state index contributed by atoms with van der Waals surface area (Å²) in [6.45, 7) is 0. The van der Waals surface area contributed by atoms with Gasteiger partial charge in [0.15, 0.2) is 0 Å². The Labute approximate surface area is 142 Å². The Kier molecular flexibility index (Phi) is 4.08. The van der Waals surface area contributed by atoms with Gasteiger partial charge in [0.05, 0.1) is 15.7 Å². The highest BCUT2D eigenvalue weighted by atomic mass is 79.9. The molecule has 0 fully saturated rings. The van der Waals surface area contributed by atoms with Gasteiger partial charge in [-0.05, 0) is 39.2 Å². The van der Waals surface area contributed by atoms with E-state index in [1.54, 1.807) is 24.3 Å². The van der Waals surface area contributed by atoms with Gasteiger partial charge in [-0.2, -0.15) is 0 Å². The Bertz CT molecular complexity index is 751. The lowest BCUT2D eigenvalue weighted by Gasteiger charge is -2.15. The Hall–Kier alpha value is -0.910. The lowest BCUT2D eigenvalue weighted by Crippen LogP contribution is -2.03. The van der Waals surface area contributed by atoms with Gasteiger partial charge >= 0.3 is 0 Å². The number of halogens is 4. The summed E-state index contributed by atoms with van der Waals surface area (Å²) in [4.78, 5) is 11.0. The fourth-order valence-electron chi connectivity index (χ4n) is 2.35. The van der Waals surface area contributed by atoms with Gasteiger partial charge < -0.3 is 5.32 Å². The van der Waals surface area contributed by atoms with Crippen molar-refractivity contribution >= 4 is 55.1 Å². The number of nitrogens with one attached hydrogen (secondary N) is 1. The maximum Gasteiger partial charge on any atom is 0.228 e. The number of rotatable bonds is 2. The van der Waals surface area contributed by atoms with Gasteiger partial charge in [-0.15, -0.1) is 0 Å². The summed E-state index contributed by atoms with van der Waals surface area (Å²) in [5.41, 5.74) is 2.83. The summed E-state index contributed by atoms with van der Waals surface area (Å²) in [6.07, 6.45) is 0.320. The van der Waals surface area contributed by atoms with E-state index in [2.05, 4.69) is 37.2 Å². The lowest BCUT2D eigenvalue weighted by molar-refractivity contribution is -0.115. The Morgan fingerprint density at radius 3 is 2.81 bits per heavy atom. The molecule has 6 heteroatoms. The van der Waals surface area contributed by atoms with Crippen LogP contribution in [0, 0.1) is 5.82 Å². The maximum absolute atomic E-state index is 14.2. The van der Waals surface area contributed by atoms with Gasteiger partial charge in [0.1, 0.15) is 5.82 Å². The Morgan fingerprint density at radius 2 is 2.05 bits per heavy atom. The molecule has 0 radical (unpaired) electrons. The number of fused-ring (bicyclic) bond motifs is 1. The summed E-state index contributed by atoms with van der Waals surface area (Å²) < 4.78 is 14.6. The van der Waals surface area contributed by atoms with Gasteiger partial charge in [-0.3, -0.25) is 4.79 Å². The highest BCUT2D eigenvalue weighted by Crippen LogP contribution is 2.41. The van der Waals surface area contributed by atoms with Crippen molar-refractivity contribution in [2.24, 2.45) is 0 Å². The average Bonchev–Trinajstić information content (AvgIpc) is 2.79. The molecular formula is C15H9Br2ClFNO. The van der Waals surface area contributed by atoms with Gasteiger partial charge in [0.2, 0.25) is 5.91 Å². The third-order valence-electron chi connectivity index (χ3n) is 3.38. The quantitative estimate of drug-likeness (QED) is 0.647. The molecule has 2 aromatic carbocycles. The molecule has 21 heavy (non-hydrogen) atoms. The van der Waals surface area contributed by atoms with Crippen molar-refractivity contribution in [3.8, 4) is 0 Å². The summed E-state index contributed by atoms with van der Waals surface area (Å²) in [5.74, 6) is -0.386. The molecule has 2 nitrogen and oxygen atoms in total. The van der Waals surface area contributed by atoms with Gasteiger partial charge in [0.25, 0.3) is 0 Å². The minimum atomic E-state index is -0.386. The third kappa shape index (κ3) is 2.74. The van der Waals surface area contributed by atoms with Crippen LogP contribution in [0.1, 0.15) is 21.5 Å². The zero-order valence-electron chi connectivity index (χ0n) is 10.6. The Balaban J connectivity index is 2.06. The largest absolute Gasteiger partial charge is 0.325 e. The predicted octanol–water partition coefficient (Wildman–Crippen LogP) is 5.22. The van der Waals surface area contributed by atoms with E-state index in [4.69, 9.17) is 11.6 Å². The molecule has 0 saturated heterocycles. The fourth-order valence-corrected chi connectivity index (χ4v) is 3.86. The number of hydrogen-bond acceptors (Lipinski definition) is 1. The van der Waals surface area contributed by atoms with Crippen molar-refractivity contribution in [3.05, 3.63) is 62.3 Å². The molecule has 1 aliphatic heterocycles. The monoisotopic (exact) mass is 431 g/mol. The van der Waals surface area contributed by atoms with Crippen molar-refractivity contribution < 1.29 is 9.18 Å². The van der Waals surface area contributed by atoms with Gasteiger partial charge in [-0.25, -0.2) is 4.39 Å². The molecule has 1 unspecified atom stereocenters. The van der Waals surface area contributed by atoms with Crippen LogP contribution in [0.2, 0.25) is 5.02 Å². The van der Waals surface area contributed by atoms with Crippen molar-refractivity contribution in [1.29, 1.82) is 0 Å². The molecule has 1 aliphatic rings. The van der Waals surface area contributed by atoms with Crippen LogP contribution in [0.4, 0.5) is 10.1 Å². The molecular weight excluding hydrogens is 424 g/mol.